The van der Waals surface area contributed by atoms with Crippen molar-refractivity contribution in [2.45, 2.75) is 26.4 Å². The van der Waals surface area contributed by atoms with Gasteiger partial charge in [0.05, 0.1) is 11.4 Å². The summed E-state index contributed by atoms with van der Waals surface area (Å²) in [5.41, 5.74) is 5.91. The molecule has 0 saturated carbocycles. The summed E-state index contributed by atoms with van der Waals surface area (Å²) in [6.45, 7) is 2.50. The number of ether oxygens (including phenoxy) is 1. The van der Waals surface area contributed by atoms with E-state index in [1.54, 1.807) is 0 Å². The minimum atomic E-state index is 0.491. The predicted molar refractivity (Wildman–Crippen MR) is 115 cm³/mol. The third-order valence-corrected chi connectivity index (χ3v) is 4.87. The van der Waals surface area contributed by atoms with Crippen molar-refractivity contribution in [1.29, 1.82) is 0 Å². The van der Waals surface area contributed by atoms with Crippen molar-refractivity contribution < 1.29 is 9.15 Å². The number of benzene rings is 2. The number of pyridine rings is 1. The number of hydrogen-bond donors (Lipinski definition) is 0. The standard InChI is InChI=1S/C24H25N3O2/c1-17-21(27(2)3)15-19(24(25-17)28-16-18-9-5-4-6-10-18)13-14-23-26-20-11-7-8-12-22(20)29-23/h4-12,15H,13-14,16H2,1-3H3. The number of nitrogens with zero attached hydrogens (tertiary/aromatic N) is 3. The molecule has 4 rings (SSSR count). The van der Waals surface area contributed by atoms with Gasteiger partial charge in [0.15, 0.2) is 11.5 Å². The molecule has 0 aliphatic heterocycles. The van der Waals surface area contributed by atoms with E-state index in [9.17, 15) is 0 Å². The summed E-state index contributed by atoms with van der Waals surface area (Å²) in [5.74, 6) is 1.40. The van der Waals surface area contributed by atoms with Gasteiger partial charge in [-0.3, -0.25) is 0 Å². The van der Waals surface area contributed by atoms with E-state index in [4.69, 9.17) is 14.1 Å². The van der Waals surface area contributed by atoms with Crippen molar-refractivity contribution in [2.75, 3.05) is 19.0 Å². The highest BCUT2D eigenvalue weighted by atomic mass is 16.5. The molecule has 5 nitrogen and oxygen atoms in total. The highest BCUT2D eigenvalue weighted by molar-refractivity contribution is 5.72. The number of hydrogen-bond acceptors (Lipinski definition) is 5. The molecule has 0 bridgehead atoms. The Morgan fingerprint density at radius 3 is 2.45 bits per heavy atom. The molecule has 0 saturated heterocycles. The Morgan fingerprint density at radius 2 is 1.69 bits per heavy atom. The molecule has 5 heteroatoms. The molecule has 0 amide bonds. The molecule has 0 N–H and O–H groups in total. The summed E-state index contributed by atoms with van der Waals surface area (Å²) >= 11 is 0. The van der Waals surface area contributed by atoms with Crippen molar-refractivity contribution in [3.8, 4) is 5.88 Å². The lowest BCUT2D eigenvalue weighted by atomic mass is 10.1. The number of rotatable bonds is 7. The predicted octanol–water partition coefficient (Wildman–Crippen LogP) is 4.96. The van der Waals surface area contributed by atoms with Crippen LogP contribution in [0.3, 0.4) is 0 Å². The summed E-state index contributed by atoms with van der Waals surface area (Å²) < 4.78 is 12.0. The minimum Gasteiger partial charge on any atom is -0.473 e. The first-order valence-electron chi connectivity index (χ1n) is 9.79. The van der Waals surface area contributed by atoms with E-state index in [0.29, 0.717) is 18.9 Å². The zero-order valence-electron chi connectivity index (χ0n) is 17.1. The van der Waals surface area contributed by atoms with Crippen LogP contribution >= 0.6 is 0 Å². The number of para-hydroxylation sites is 2. The molecule has 0 fully saturated rings. The Balaban J connectivity index is 1.57. The SMILES string of the molecule is Cc1nc(OCc2ccccc2)c(CCc2nc3ccccc3o2)cc1N(C)C. The fourth-order valence-electron chi connectivity index (χ4n) is 3.36. The van der Waals surface area contributed by atoms with Gasteiger partial charge in [0.1, 0.15) is 12.1 Å². The van der Waals surface area contributed by atoms with Gasteiger partial charge in [-0.1, -0.05) is 42.5 Å². The Morgan fingerprint density at radius 1 is 0.931 bits per heavy atom. The monoisotopic (exact) mass is 387 g/mol. The van der Waals surface area contributed by atoms with Crippen molar-refractivity contribution in [3.63, 3.8) is 0 Å². The topological polar surface area (TPSA) is 51.4 Å². The van der Waals surface area contributed by atoms with Crippen LogP contribution in [0.2, 0.25) is 0 Å². The lowest BCUT2D eigenvalue weighted by Crippen LogP contribution is -2.13. The largest absolute Gasteiger partial charge is 0.473 e. The van der Waals surface area contributed by atoms with Crippen LogP contribution in [0.15, 0.2) is 65.1 Å². The molecule has 2 aromatic carbocycles. The Kier molecular flexibility index (Phi) is 5.47. The molecule has 29 heavy (non-hydrogen) atoms. The quantitative estimate of drug-likeness (QED) is 0.448. The Labute approximate surface area is 171 Å². The zero-order chi connectivity index (χ0) is 20.2. The third kappa shape index (κ3) is 4.40. The van der Waals surface area contributed by atoms with Crippen LogP contribution in [-0.2, 0) is 19.4 Å². The summed E-state index contributed by atoms with van der Waals surface area (Å²) in [7, 11) is 4.05. The normalized spacial score (nSPS) is 11.0. The second-order valence-corrected chi connectivity index (χ2v) is 7.30. The average Bonchev–Trinajstić information content (AvgIpc) is 3.15. The summed E-state index contributed by atoms with van der Waals surface area (Å²) in [4.78, 5) is 11.4. The van der Waals surface area contributed by atoms with Gasteiger partial charge in [0, 0.05) is 26.1 Å². The molecule has 148 valence electrons. The van der Waals surface area contributed by atoms with Crippen molar-refractivity contribution in [2.24, 2.45) is 0 Å². The van der Waals surface area contributed by atoms with Crippen LogP contribution in [-0.4, -0.2) is 24.1 Å². The second kappa shape index (κ2) is 8.35. The van der Waals surface area contributed by atoms with Gasteiger partial charge < -0.3 is 14.1 Å². The molecule has 2 aromatic heterocycles. The lowest BCUT2D eigenvalue weighted by Gasteiger charge is -2.19. The van der Waals surface area contributed by atoms with Gasteiger partial charge in [0.2, 0.25) is 5.88 Å². The lowest BCUT2D eigenvalue weighted by molar-refractivity contribution is 0.289. The maximum atomic E-state index is 6.11. The molecular weight excluding hydrogens is 362 g/mol. The third-order valence-electron chi connectivity index (χ3n) is 4.87. The highest BCUT2D eigenvalue weighted by Gasteiger charge is 2.14. The van der Waals surface area contributed by atoms with E-state index >= 15 is 0 Å². The van der Waals surface area contributed by atoms with E-state index in [1.807, 2.05) is 63.5 Å². The highest BCUT2D eigenvalue weighted by Crippen LogP contribution is 2.27. The van der Waals surface area contributed by atoms with Crippen LogP contribution < -0.4 is 9.64 Å². The Hall–Kier alpha value is -3.34. The van der Waals surface area contributed by atoms with Crippen LogP contribution in [0.4, 0.5) is 5.69 Å². The van der Waals surface area contributed by atoms with E-state index in [1.165, 1.54) is 0 Å². The van der Waals surface area contributed by atoms with Crippen LogP contribution in [0.1, 0.15) is 22.7 Å². The van der Waals surface area contributed by atoms with Gasteiger partial charge in [-0.05, 0) is 37.1 Å². The van der Waals surface area contributed by atoms with E-state index in [0.717, 1.165) is 45.9 Å². The molecule has 0 aliphatic rings. The van der Waals surface area contributed by atoms with Crippen molar-refractivity contribution in [3.05, 3.63) is 83.4 Å². The maximum Gasteiger partial charge on any atom is 0.217 e. The fraction of sp³-hybridized carbons (Fsp3) is 0.250. The van der Waals surface area contributed by atoms with Gasteiger partial charge in [-0.25, -0.2) is 9.97 Å². The number of oxazole rings is 1. The van der Waals surface area contributed by atoms with Gasteiger partial charge in [-0.15, -0.1) is 0 Å². The summed E-state index contributed by atoms with van der Waals surface area (Å²) in [6, 6.07) is 20.1. The minimum absolute atomic E-state index is 0.491. The van der Waals surface area contributed by atoms with Crippen LogP contribution in [0.5, 0.6) is 5.88 Å². The fourth-order valence-corrected chi connectivity index (χ4v) is 3.36. The number of aryl methyl sites for hydroxylation is 3. The molecule has 0 spiro atoms. The number of fused-ring (bicyclic) bond motifs is 1. The number of aromatic nitrogens is 2. The first-order chi connectivity index (χ1) is 14.1. The molecular formula is C24H25N3O2. The zero-order valence-corrected chi connectivity index (χ0v) is 17.1. The molecule has 2 heterocycles. The van der Waals surface area contributed by atoms with Crippen molar-refractivity contribution in [1.82, 2.24) is 9.97 Å². The van der Waals surface area contributed by atoms with Gasteiger partial charge >= 0.3 is 0 Å². The summed E-state index contributed by atoms with van der Waals surface area (Å²) in [5, 5.41) is 0. The maximum absolute atomic E-state index is 6.11. The molecule has 0 radical (unpaired) electrons. The first-order valence-corrected chi connectivity index (χ1v) is 9.79. The Bertz CT molecular complexity index is 1070. The second-order valence-electron chi connectivity index (χ2n) is 7.30. The average molecular weight is 387 g/mol. The molecule has 0 atom stereocenters. The number of anilines is 1. The summed E-state index contributed by atoms with van der Waals surface area (Å²) in [6.07, 6.45) is 1.43. The van der Waals surface area contributed by atoms with Gasteiger partial charge in [-0.2, -0.15) is 0 Å². The van der Waals surface area contributed by atoms with E-state index in [2.05, 4.69) is 28.1 Å². The molecule has 4 aromatic rings. The van der Waals surface area contributed by atoms with E-state index in [-0.39, 0.29) is 0 Å². The van der Waals surface area contributed by atoms with E-state index < -0.39 is 0 Å². The van der Waals surface area contributed by atoms with Crippen LogP contribution in [0, 0.1) is 6.92 Å². The first kappa shape index (κ1) is 19.0. The van der Waals surface area contributed by atoms with Gasteiger partial charge in [0.25, 0.3) is 0 Å². The molecule has 0 unspecified atom stereocenters. The molecule has 0 aliphatic carbocycles. The smallest absolute Gasteiger partial charge is 0.217 e. The van der Waals surface area contributed by atoms with Crippen molar-refractivity contribution >= 4 is 16.8 Å². The van der Waals surface area contributed by atoms with Crippen LogP contribution in [0.25, 0.3) is 11.1 Å².